The second-order valence-electron chi connectivity index (χ2n) is 5.60. The zero-order valence-corrected chi connectivity index (χ0v) is 14.7. The fourth-order valence-electron chi connectivity index (χ4n) is 2.74. The van der Waals surface area contributed by atoms with E-state index in [0.717, 1.165) is 4.47 Å². The summed E-state index contributed by atoms with van der Waals surface area (Å²) in [6.07, 6.45) is 0.245. The molecule has 0 aliphatic carbocycles. The van der Waals surface area contributed by atoms with Crippen molar-refractivity contribution in [1.82, 2.24) is 0 Å². The third-order valence-electron chi connectivity index (χ3n) is 3.82. The summed E-state index contributed by atoms with van der Waals surface area (Å²) in [5.41, 5.74) is 1.33. The van der Waals surface area contributed by atoms with E-state index in [0.29, 0.717) is 17.1 Å². The lowest BCUT2D eigenvalue weighted by atomic mass is 10.1. The van der Waals surface area contributed by atoms with E-state index >= 15 is 0 Å². The van der Waals surface area contributed by atoms with E-state index in [-0.39, 0.29) is 30.9 Å². The highest BCUT2D eigenvalue weighted by molar-refractivity contribution is 9.10. The molecule has 2 aromatic carbocycles. The highest BCUT2D eigenvalue weighted by atomic mass is 79.9. The Balaban J connectivity index is 1.83. The molecule has 2 amide bonds. The number of amides is 2. The molecule has 0 spiro atoms. The highest BCUT2D eigenvalue weighted by Gasteiger charge is 2.29. The molecule has 124 valence electrons. The summed E-state index contributed by atoms with van der Waals surface area (Å²) in [6.45, 7) is 1.76. The van der Waals surface area contributed by atoms with E-state index in [1.807, 2.05) is 43.3 Å². The van der Waals surface area contributed by atoms with Crippen LogP contribution >= 0.6 is 15.9 Å². The molecule has 6 heteroatoms. The van der Waals surface area contributed by atoms with Crippen LogP contribution in [0, 0.1) is 0 Å². The SMILES string of the molecule is CC1CC(=O)Nc2ccccc2N1C(=O)COc1ccccc1Br. The predicted octanol–water partition coefficient (Wildman–Crippen LogP) is 3.59. The number of hydrogen-bond acceptors (Lipinski definition) is 3. The Hall–Kier alpha value is -2.34. The molecule has 0 saturated heterocycles. The van der Waals surface area contributed by atoms with Crippen LogP contribution in [0.25, 0.3) is 0 Å². The standard InChI is InChI=1S/C18H17BrN2O3/c1-12-10-17(22)20-14-7-3-4-8-15(14)21(12)18(23)11-24-16-9-5-2-6-13(16)19/h2-9,12H,10-11H2,1H3,(H,20,22). The topological polar surface area (TPSA) is 58.6 Å². The van der Waals surface area contributed by atoms with E-state index < -0.39 is 0 Å². The van der Waals surface area contributed by atoms with Gasteiger partial charge in [0.1, 0.15) is 5.75 Å². The fourth-order valence-corrected chi connectivity index (χ4v) is 3.14. The third kappa shape index (κ3) is 3.43. The number of nitrogens with zero attached hydrogens (tertiary/aromatic N) is 1. The lowest BCUT2D eigenvalue weighted by molar-refractivity contribution is -0.121. The first-order valence-electron chi connectivity index (χ1n) is 7.64. The summed E-state index contributed by atoms with van der Waals surface area (Å²) in [5, 5.41) is 2.84. The van der Waals surface area contributed by atoms with Crippen LogP contribution in [0.1, 0.15) is 13.3 Å². The Morgan fingerprint density at radius 3 is 2.75 bits per heavy atom. The Bertz CT molecular complexity index is 778. The van der Waals surface area contributed by atoms with E-state index in [9.17, 15) is 9.59 Å². The number of anilines is 2. The first-order valence-corrected chi connectivity index (χ1v) is 8.44. The van der Waals surface area contributed by atoms with Crippen LogP contribution in [0.5, 0.6) is 5.75 Å². The number of para-hydroxylation sites is 3. The third-order valence-corrected chi connectivity index (χ3v) is 4.47. The smallest absolute Gasteiger partial charge is 0.265 e. The number of hydrogen-bond donors (Lipinski definition) is 1. The monoisotopic (exact) mass is 388 g/mol. The van der Waals surface area contributed by atoms with E-state index in [2.05, 4.69) is 21.2 Å². The second-order valence-corrected chi connectivity index (χ2v) is 6.46. The normalized spacial score (nSPS) is 16.8. The highest BCUT2D eigenvalue weighted by Crippen LogP contribution is 2.31. The summed E-state index contributed by atoms with van der Waals surface area (Å²) in [5.74, 6) is 0.315. The Morgan fingerprint density at radius 2 is 1.96 bits per heavy atom. The number of nitrogens with one attached hydrogen (secondary N) is 1. The van der Waals surface area contributed by atoms with Crippen molar-refractivity contribution in [3.05, 3.63) is 53.0 Å². The van der Waals surface area contributed by atoms with Crippen LogP contribution < -0.4 is 15.0 Å². The van der Waals surface area contributed by atoms with Crippen molar-refractivity contribution in [2.45, 2.75) is 19.4 Å². The van der Waals surface area contributed by atoms with Gasteiger partial charge in [-0.2, -0.15) is 0 Å². The molecule has 1 atom stereocenters. The average molecular weight is 389 g/mol. The molecule has 0 bridgehead atoms. The molecule has 0 aromatic heterocycles. The van der Waals surface area contributed by atoms with Crippen LogP contribution in [0.15, 0.2) is 53.0 Å². The van der Waals surface area contributed by atoms with Gasteiger partial charge in [0, 0.05) is 12.5 Å². The van der Waals surface area contributed by atoms with Gasteiger partial charge >= 0.3 is 0 Å². The number of benzene rings is 2. The first kappa shape index (κ1) is 16.5. The lowest BCUT2D eigenvalue weighted by Gasteiger charge is -2.27. The van der Waals surface area contributed by atoms with E-state index in [1.54, 1.807) is 17.0 Å². The van der Waals surface area contributed by atoms with Crippen molar-refractivity contribution in [2.75, 3.05) is 16.8 Å². The van der Waals surface area contributed by atoms with Crippen LogP contribution in [0.4, 0.5) is 11.4 Å². The van der Waals surface area contributed by atoms with Crippen molar-refractivity contribution < 1.29 is 14.3 Å². The zero-order chi connectivity index (χ0) is 17.1. The van der Waals surface area contributed by atoms with Crippen molar-refractivity contribution >= 4 is 39.1 Å². The van der Waals surface area contributed by atoms with E-state index in [4.69, 9.17) is 4.74 Å². The molecular formula is C18H17BrN2O3. The fraction of sp³-hybridized carbons (Fsp3) is 0.222. The number of ether oxygens (including phenoxy) is 1. The number of carbonyl (C=O) groups is 2. The van der Waals surface area contributed by atoms with Gasteiger partial charge in [-0.1, -0.05) is 24.3 Å². The molecular weight excluding hydrogens is 372 g/mol. The molecule has 1 aliphatic rings. The quantitative estimate of drug-likeness (QED) is 0.873. The lowest BCUT2D eigenvalue weighted by Crippen LogP contribution is -2.41. The number of halogens is 1. The summed E-state index contributed by atoms with van der Waals surface area (Å²) >= 11 is 3.40. The summed E-state index contributed by atoms with van der Waals surface area (Å²) in [6, 6.07) is 14.4. The molecule has 3 rings (SSSR count). The van der Waals surface area contributed by atoms with Crippen molar-refractivity contribution in [3.8, 4) is 5.75 Å². The molecule has 0 saturated carbocycles. The second kappa shape index (κ2) is 7.05. The van der Waals surface area contributed by atoms with Gasteiger partial charge in [-0.15, -0.1) is 0 Å². The molecule has 1 heterocycles. The molecule has 5 nitrogen and oxygen atoms in total. The van der Waals surface area contributed by atoms with Gasteiger partial charge in [-0.3, -0.25) is 9.59 Å². The van der Waals surface area contributed by atoms with Crippen LogP contribution in [-0.4, -0.2) is 24.5 Å². The number of carbonyl (C=O) groups excluding carboxylic acids is 2. The van der Waals surface area contributed by atoms with Gasteiger partial charge in [0.05, 0.1) is 15.8 Å². The minimum Gasteiger partial charge on any atom is -0.483 e. The maximum absolute atomic E-state index is 12.8. The van der Waals surface area contributed by atoms with Gasteiger partial charge in [-0.25, -0.2) is 0 Å². The number of fused-ring (bicyclic) bond motifs is 1. The molecule has 2 aromatic rings. The van der Waals surface area contributed by atoms with E-state index in [1.165, 1.54) is 0 Å². The molecule has 1 aliphatic heterocycles. The molecule has 0 fully saturated rings. The maximum atomic E-state index is 12.8. The molecule has 1 N–H and O–H groups in total. The van der Waals surface area contributed by atoms with Gasteiger partial charge < -0.3 is 15.0 Å². The van der Waals surface area contributed by atoms with Crippen LogP contribution in [0.2, 0.25) is 0 Å². The van der Waals surface area contributed by atoms with Crippen molar-refractivity contribution in [3.63, 3.8) is 0 Å². The summed E-state index contributed by atoms with van der Waals surface area (Å²) in [7, 11) is 0. The molecule has 0 radical (unpaired) electrons. The van der Waals surface area contributed by atoms with Crippen molar-refractivity contribution in [1.29, 1.82) is 0 Å². The Morgan fingerprint density at radius 1 is 1.25 bits per heavy atom. The van der Waals surface area contributed by atoms with Gasteiger partial charge in [0.2, 0.25) is 5.91 Å². The Kier molecular flexibility index (Phi) is 4.85. The molecule has 24 heavy (non-hydrogen) atoms. The zero-order valence-electron chi connectivity index (χ0n) is 13.2. The van der Waals surface area contributed by atoms with Crippen LogP contribution in [-0.2, 0) is 9.59 Å². The average Bonchev–Trinajstić information content (AvgIpc) is 2.68. The maximum Gasteiger partial charge on any atom is 0.265 e. The van der Waals surface area contributed by atoms with Gasteiger partial charge in [0.15, 0.2) is 6.61 Å². The van der Waals surface area contributed by atoms with Crippen molar-refractivity contribution in [2.24, 2.45) is 0 Å². The predicted molar refractivity (Wildman–Crippen MR) is 96.3 cm³/mol. The first-order chi connectivity index (χ1) is 11.6. The number of rotatable bonds is 3. The summed E-state index contributed by atoms with van der Waals surface area (Å²) < 4.78 is 6.43. The molecule has 1 unspecified atom stereocenters. The summed E-state index contributed by atoms with van der Waals surface area (Å²) in [4.78, 5) is 26.4. The largest absolute Gasteiger partial charge is 0.483 e. The van der Waals surface area contributed by atoms with Gasteiger partial charge in [-0.05, 0) is 47.1 Å². The minimum atomic E-state index is -0.246. The van der Waals surface area contributed by atoms with Crippen LogP contribution in [0.3, 0.4) is 0 Å². The Labute approximate surface area is 148 Å². The van der Waals surface area contributed by atoms with Gasteiger partial charge in [0.25, 0.3) is 5.91 Å². The minimum absolute atomic E-state index is 0.100.